The van der Waals surface area contributed by atoms with Crippen molar-refractivity contribution in [2.24, 2.45) is 0 Å². The summed E-state index contributed by atoms with van der Waals surface area (Å²) in [5.74, 6) is 2.22. The predicted octanol–water partition coefficient (Wildman–Crippen LogP) is 3.41. The summed E-state index contributed by atoms with van der Waals surface area (Å²) >= 11 is 3.34. The van der Waals surface area contributed by atoms with Gasteiger partial charge in [0.05, 0.1) is 10.6 Å². The van der Waals surface area contributed by atoms with Crippen LogP contribution in [0, 0.1) is 0 Å². The van der Waals surface area contributed by atoms with Crippen LogP contribution in [-0.4, -0.2) is 69.1 Å². The van der Waals surface area contributed by atoms with Crippen LogP contribution in [0.1, 0.15) is 33.1 Å². The lowest BCUT2D eigenvalue weighted by Gasteiger charge is -2.35. The van der Waals surface area contributed by atoms with Gasteiger partial charge in [-0.25, -0.2) is 0 Å². The zero-order valence-corrected chi connectivity index (χ0v) is 17.9. The van der Waals surface area contributed by atoms with Gasteiger partial charge in [0.2, 0.25) is 17.6 Å². The largest absolute Gasteiger partial charge is 0.339 e. The van der Waals surface area contributed by atoms with E-state index in [1.807, 2.05) is 22.4 Å². The van der Waals surface area contributed by atoms with E-state index in [0.29, 0.717) is 17.5 Å². The summed E-state index contributed by atoms with van der Waals surface area (Å²) < 4.78 is 5.49. The minimum atomic E-state index is 0.135. The third-order valence-corrected chi connectivity index (χ3v) is 6.55. The van der Waals surface area contributed by atoms with Crippen molar-refractivity contribution in [3.05, 3.63) is 23.4 Å². The summed E-state index contributed by atoms with van der Waals surface area (Å²) in [5.41, 5.74) is 0. The number of hydrogen-bond acceptors (Lipinski definition) is 7. The molecule has 3 rings (SSSR count). The molecule has 8 heteroatoms. The zero-order valence-electron chi connectivity index (χ0n) is 16.3. The predicted molar refractivity (Wildman–Crippen MR) is 111 cm³/mol. The molecule has 1 saturated heterocycles. The maximum atomic E-state index is 12.3. The van der Waals surface area contributed by atoms with Crippen molar-refractivity contribution < 1.29 is 9.32 Å². The molecule has 2 aromatic heterocycles. The molecule has 0 radical (unpaired) electrons. The fourth-order valence-electron chi connectivity index (χ4n) is 2.91. The lowest BCUT2D eigenvalue weighted by molar-refractivity contribution is -0.130. The number of thiophene rings is 1. The SMILES string of the molecule is CC(C)(C)SCC(=O)N1CCN(CCCc2nc(-c3cccs3)no2)CC1. The monoisotopic (exact) mass is 408 g/mol. The molecule has 0 spiro atoms. The molecule has 0 unspecified atom stereocenters. The van der Waals surface area contributed by atoms with E-state index in [1.165, 1.54) is 0 Å². The molecule has 1 aliphatic rings. The number of nitrogens with zero attached hydrogens (tertiary/aromatic N) is 4. The van der Waals surface area contributed by atoms with E-state index in [-0.39, 0.29) is 10.7 Å². The van der Waals surface area contributed by atoms with Crippen LogP contribution in [-0.2, 0) is 11.2 Å². The number of hydrogen-bond donors (Lipinski definition) is 0. The molecular formula is C19H28N4O2S2. The van der Waals surface area contributed by atoms with Crippen LogP contribution >= 0.6 is 23.1 Å². The van der Waals surface area contributed by atoms with E-state index < -0.39 is 0 Å². The normalized spacial score (nSPS) is 16.0. The van der Waals surface area contributed by atoms with Gasteiger partial charge in [0.25, 0.3) is 0 Å². The quantitative estimate of drug-likeness (QED) is 0.700. The van der Waals surface area contributed by atoms with Crippen molar-refractivity contribution in [1.82, 2.24) is 19.9 Å². The molecule has 6 nitrogen and oxygen atoms in total. The first-order chi connectivity index (χ1) is 12.9. The van der Waals surface area contributed by atoms with E-state index >= 15 is 0 Å². The smallest absolute Gasteiger partial charge is 0.232 e. The Kier molecular flexibility index (Phi) is 6.94. The van der Waals surface area contributed by atoms with Gasteiger partial charge in [0, 0.05) is 37.3 Å². The average molecular weight is 409 g/mol. The highest BCUT2D eigenvalue weighted by atomic mass is 32.2. The Morgan fingerprint density at radius 2 is 2.07 bits per heavy atom. The van der Waals surface area contributed by atoms with Crippen molar-refractivity contribution in [2.75, 3.05) is 38.5 Å². The fraction of sp³-hybridized carbons (Fsp3) is 0.632. The van der Waals surface area contributed by atoms with Crippen molar-refractivity contribution in [2.45, 2.75) is 38.4 Å². The maximum Gasteiger partial charge on any atom is 0.232 e. The van der Waals surface area contributed by atoms with Crippen molar-refractivity contribution in [3.8, 4) is 10.7 Å². The molecule has 1 amide bonds. The molecule has 0 N–H and O–H groups in total. The molecule has 1 fully saturated rings. The second-order valence-corrected chi connectivity index (χ2v) is 10.5. The number of carbonyl (C=O) groups is 1. The first-order valence-electron chi connectivity index (χ1n) is 9.41. The van der Waals surface area contributed by atoms with E-state index in [1.54, 1.807) is 23.1 Å². The molecule has 148 valence electrons. The third kappa shape index (κ3) is 6.33. The summed E-state index contributed by atoms with van der Waals surface area (Å²) in [6.45, 7) is 11.0. The highest BCUT2D eigenvalue weighted by Crippen LogP contribution is 2.23. The standard InChI is InChI=1S/C19H28N4O2S2/c1-19(2,3)27-14-17(24)23-11-9-22(10-12-23)8-4-7-16-20-18(21-25-16)15-6-5-13-26-15/h5-6,13H,4,7-12,14H2,1-3H3. The second kappa shape index (κ2) is 9.21. The van der Waals surface area contributed by atoms with E-state index in [2.05, 4.69) is 35.8 Å². The van der Waals surface area contributed by atoms with Crippen LogP contribution in [0.15, 0.2) is 22.0 Å². The molecule has 0 bridgehead atoms. The number of carbonyl (C=O) groups excluding carboxylic acids is 1. The molecule has 0 atom stereocenters. The van der Waals surface area contributed by atoms with Gasteiger partial charge >= 0.3 is 0 Å². The Morgan fingerprint density at radius 1 is 1.30 bits per heavy atom. The molecule has 1 aliphatic heterocycles. The summed E-state index contributed by atoms with van der Waals surface area (Å²) in [7, 11) is 0. The number of aryl methyl sites for hydroxylation is 1. The average Bonchev–Trinajstić information content (AvgIpc) is 3.31. The van der Waals surface area contributed by atoms with Gasteiger partial charge in [0.15, 0.2) is 0 Å². The van der Waals surface area contributed by atoms with Crippen LogP contribution in [0.25, 0.3) is 10.7 Å². The molecular weight excluding hydrogens is 380 g/mol. The van der Waals surface area contributed by atoms with Crippen molar-refractivity contribution in [3.63, 3.8) is 0 Å². The summed E-state index contributed by atoms with van der Waals surface area (Å²) in [5, 5.41) is 6.06. The highest BCUT2D eigenvalue weighted by Gasteiger charge is 2.22. The van der Waals surface area contributed by atoms with E-state index in [4.69, 9.17) is 4.52 Å². The Labute approximate surface area is 169 Å². The molecule has 0 aromatic carbocycles. The molecule has 0 saturated carbocycles. The topological polar surface area (TPSA) is 62.5 Å². The van der Waals surface area contributed by atoms with Gasteiger partial charge in [-0.15, -0.1) is 23.1 Å². The Balaban J connectivity index is 1.34. The molecule has 3 heterocycles. The maximum absolute atomic E-state index is 12.3. The lowest BCUT2D eigenvalue weighted by Crippen LogP contribution is -2.49. The highest BCUT2D eigenvalue weighted by molar-refractivity contribution is 8.01. The number of piperazine rings is 1. The van der Waals surface area contributed by atoms with Gasteiger partial charge in [-0.1, -0.05) is 32.0 Å². The van der Waals surface area contributed by atoms with Crippen LogP contribution in [0.5, 0.6) is 0 Å². The molecule has 27 heavy (non-hydrogen) atoms. The van der Waals surface area contributed by atoms with Gasteiger partial charge in [0.1, 0.15) is 0 Å². The van der Waals surface area contributed by atoms with Crippen molar-refractivity contribution >= 4 is 29.0 Å². The van der Waals surface area contributed by atoms with Crippen LogP contribution in [0.4, 0.5) is 0 Å². The molecule has 2 aromatic rings. The number of amides is 1. The van der Waals surface area contributed by atoms with Gasteiger partial charge in [-0.3, -0.25) is 9.69 Å². The Morgan fingerprint density at radius 3 is 2.74 bits per heavy atom. The number of thioether (sulfide) groups is 1. The summed E-state index contributed by atoms with van der Waals surface area (Å²) in [6, 6.07) is 3.99. The van der Waals surface area contributed by atoms with Crippen LogP contribution in [0.3, 0.4) is 0 Å². The van der Waals surface area contributed by atoms with E-state index in [0.717, 1.165) is 50.4 Å². The van der Waals surface area contributed by atoms with Gasteiger partial charge < -0.3 is 9.42 Å². The molecule has 0 aliphatic carbocycles. The minimum absolute atomic E-state index is 0.135. The fourth-order valence-corrected chi connectivity index (χ4v) is 4.29. The third-order valence-electron chi connectivity index (χ3n) is 4.43. The van der Waals surface area contributed by atoms with E-state index in [9.17, 15) is 4.79 Å². The number of rotatable bonds is 7. The summed E-state index contributed by atoms with van der Waals surface area (Å²) in [6.07, 6.45) is 1.78. The van der Waals surface area contributed by atoms with Crippen LogP contribution in [0.2, 0.25) is 0 Å². The second-order valence-electron chi connectivity index (χ2n) is 7.72. The van der Waals surface area contributed by atoms with Crippen LogP contribution < -0.4 is 0 Å². The first kappa shape index (κ1) is 20.4. The lowest BCUT2D eigenvalue weighted by atomic mass is 10.2. The first-order valence-corrected chi connectivity index (χ1v) is 11.3. The Bertz CT molecular complexity index is 716. The van der Waals surface area contributed by atoms with Crippen molar-refractivity contribution in [1.29, 1.82) is 0 Å². The number of aromatic nitrogens is 2. The zero-order chi connectivity index (χ0) is 19.3. The van der Waals surface area contributed by atoms with Gasteiger partial charge in [-0.05, 0) is 24.4 Å². The van der Waals surface area contributed by atoms with Gasteiger partial charge in [-0.2, -0.15) is 4.98 Å². The summed E-state index contributed by atoms with van der Waals surface area (Å²) in [4.78, 5) is 22.2. The minimum Gasteiger partial charge on any atom is -0.339 e. The Hall–Kier alpha value is -1.38.